The van der Waals surface area contributed by atoms with E-state index < -0.39 is 0 Å². The lowest BCUT2D eigenvalue weighted by Crippen LogP contribution is -2.18. The second-order valence-corrected chi connectivity index (χ2v) is 5.57. The molecule has 0 amide bonds. The molecule has 0 bridgehead atoms. The Labute approximate surface area is 114 Å². The molecule has 0 spiro atoms. The van der Waals surface area contributed by atoms with Gasteiger partial charge in [0.25, 0.3) is 0 Å². The fraction of sp³-hybridized carbons (Fsp3) is 0.312. The molecular formula is C16H20N2O. The zero-order valence-corrected chi connectivity index (χ0v) is 11.7. The lowest BCUT2D eigenvalue weighted by molar-refractivity contribution is -0.0149. The molecule has 100 valence electrons. The number of benzene rings is 1. The first-order valence-electron chi connectivity index (χ1n) is 6.39. The molecule has 0 aliphatic carbocycles. The van der Waals surface area contributed by atoms with E-state index in [2.05, 4.69) is 44.0 Å². The summed E-state index contributed by atoms with van der Waals surface area (Å²) < 4.78 is 5.79. The number of nitrogens with two attached hydrogens (primary N) is 1. The Morgan fingerprint density at radius 2 is 1.89 bits per heavy atom. The second-order valence-electron chi connectivity index (χ2n) is 5.57. The monoisotopic (exact) mass is 256 g/mol. The summed E-state index contributed by atoms with van der Waals surface area (Å²) in [5.41, 5.74) is 8.82. The van der Waals surface area contributed by atoms with E-state index in [4.69, 9.17) is 10.5 Å². The van der Waals surface area contributed by atoms with Gasteiger partial charge in [0.05, 0.1) is 12.2 Å². The van der Waals surface area contributed by atoms with Crippen LogP contribution in [0.1, 0.15) is 26.3 Å². The SMILES string of the molecule is CC(C)(C)OCc1cccc(-c2ccc(N)nc2)c1. The molecule has 2 rings (SSSR count). The highest BCUT2D eigenvalue weighted by Crippen LogP contribution is 2.21. The fourth-order valence-electron chi connectivity index (χ4n) is 1.72. The van der Waals surface area contributed by atoms with E-state index >= 15 is 0 Å². The van der Waals surface area contributed by atoms with Gasteiger partial charge in [0.2, 0.25) is 0 Å². The number of hydrogen-bond donors (Lipinski definition) is 1. The minimum atomic E-state index is -0.126. The molecule has 3 nitrogen and oxygen atoms in total. The number of rotatable bonds is 3. The largest absolute Gasteiger partial charge is 0.384 e. The third-order valence-corrected chi connectivity index (χ3v) is 2.72. The van der Waals surface area contributed by atoms with Gasteiger partial charge in [0.1, 0.15) is 5.82 Å². The van der Waals surface area contributed by atoms with Crippen molar-refractivity contribution < 1.29 is 4.74 Å². The van der Waals surface area contributed by atoms with Crippen molar-refractivity contribution in [2.45, 2.75) is 33.0 Å². The van der Waals surface area contributed by atoms with Crippen LogP contribution in [0.2, 0.25) is 0 Å². The second kappa shape index (κ2) is 5.41. The van der Waals surface area contributed by atoms with Crippen molar-refractivity contribution in [1.82, 2.24) is 4.98 Å². The van der Waals surface area contributed by atoms with E-state index in [9.17, 15) is 0 Å². The predicted molar refractivity (Wildman–Crippen MR) is 78.6 cm³/mol. The lowest BCUT2D eigenvalue weighted by atomic mass is 10.0. The van der Waals surface area contributed by atoms with Gasteiger partial charge in [0, 0.05) is 11.8 Å². The van der Waals surface area contributed by atoms with Gasteiger partial charge >= 0.3 is 0 Å². The van der Waals surface area contributed by atoms with Crippen LogP contribution >= 0.6 is 0 Å². The summed E-state index contributed by atoms with van der Waals surface area (Å²) in [4.78, 5) is 4.12. The number of aromatic nitrogens is 1. The minimum Gasteiger partial charge on any atom is -0.384 e. The number of hydrogen-bond acceptors (Lipinski definition) is 3. The van der Waals surface area contributed by atoms with Crippen LogP contribution in [0.3, 0.4) is 0 Å². The van der Waals surface area contributed by atoms with E-state index in [0.717, 1.165) is 16.7 Å². The van der Waals surface area contributed by atoms with Gasteiger partial charge in [-0.15, -0.1) is 0 Å². The van der Waals surface area contributed by atoms with Gasteiger partial charge in [-0.25, -0.2) is 4.98 Å². The number of pyridine rings is 1. The molecule has 0 aliphatic rings. The maximum Gasteiger partial charge on any atom is 0.123 e. The van der Waals surface area contributed by atoms with Crippen LogP contribution in [-0.2, 0) is 11.3 Å². The van der Waals surface area contributed by atoms with Crippen molar-refractivity contribution in [2.75, 3.05) is 5.73 Å². The quantitative estimate of drug-likeness (QED) is 0.912. The highest BCUT2D eigenvalue weighted by Gasteiger charge is 2.10. The summed E-state index contributed by atoms with van der Waals surface area (Å²) in [6.45, 7) is 6.78. The van der Waals surface area contributed by atoms with Gasteiger partial charge in [-0.2, -0.15) is 0 Å². The van der Waals surface area contributed by atoms with Crippen LogP contribution in [0.5, 0.6) is 0 Å². The third-order valence-electron chi connectivity index (χ3n) is 2.72. The van der Waals surface area contributed by atoms with Gasteiger partial charge in [-0.3, -0.25) is 0 Å². The summed E-state index contributed by atoms with van der Waals surface area (Å²) in [6, 6.07) is 12.1. The average Bonchev–Trinajstić information content (AvgIpc) is 2.37. The molecule has 0 saturated carbocycles. The molecule has 2 N–H and O–H groups in total. The first-order valence-corrected chi connectivity index (χ1v) is 6.39. The maximum absolute atomic E-state index is 5.79. The zero-order valence-electron chi connectivity index (χ0n) is 11.7. The predicted octanol–water partition coefficient (Wildman–Crippen LogP) is 3.65. The van der Waals surface area contributed by atoms with Crippen molar-refractivity contribution in [3.63, 3.8) is 0 Å². The molecule has 0 atom stereocenters. The Morgan fingerprint density at radius 1 is 1.11 bits per heavy atom. The Bertz CT molecular complexity index is 541. The Hall–Kier alpha value is -1.87. The van der Waals surface area contributed by atoms with Crippen LogP contribution in [0.4, 0.5) is 5.82 Å². The smallest absolute Gasteiger partial charge is 0.123 e. The van der Waals surface area contributed by atoms with E-state index in [-0.39, 0.29) is 5.60 Å². The lowest BCUT2D eigenvalue weighted by Gasteiger charge is -2.19. The minimum absolute atomic E-state index is 0.126. The standard InChI is InChI=1S/C16H20N2O/c1-16(2,3)19-11-12-5-4-6-13(9-12)14-7-8-15(17)18-10-14/h4-10H,11H2,1-3H3,(H2,17,18). The fourth-order valence-corrected chi connectivity index (χ4v) is 1.72. The number of ether oxygens (including phenoxy) is 1. The van der Waals surface area contributed by atoms with E-state index in [1.165, 1.54) is 0 Å². The Morgan fingerprint density at radius 3 is 2.53 bits per heavy atom. The Balaban J connectivity index is 2.17. The normalized spacial score (nSPS) is 11.5. The molecule has 1 aromatic carbocycles. The summed E-state index contributed by atoms with van der Waals surface area (Å²) in [5.74, 6) is 0.538. The van der Waals surface area contributed by atoms with Crippen molar-refractivity contribution >= 4 is 5.82 Å². The average molecular weight is 256 g/mol. The van der Waals surface area contributed by atoms with Gasteiger partial charge in [0.15, 0.2) is 0 Å². The summed E-state index contributed by atoms with van der Waals surface area (Å²) in [5, 5.41) is 0. The van der Waals surface area contributed by atoms with Crippen LogP contribution in [-0.4, -0.2) is 10.6 Å². The molecule has 19 heavy (non-hydrogen) atoms. The highest BCUT2D eigenvalue weighted by molar-refractivity contribution is 5.64. The number of nitrogen functional groups attached to an aromatic ring is 1. The van der Waals surface area contributed by atoms with E-state index in [1.54, 1.807) is 6.20 Å². The first kappa shape index (κ1) is 13.6. The molecule has 0 unspecified atom stereocenters. The van der Waals surface area contributed by atoms with E-state index in [0.29, 0.717) is 12.4 Å². The van der Waals surface area contributed by atoms with Gasteiger partial charge in [-0.1, -0.05) is 18.2 Å². The summed E-state index contributed by atoms with van der Waals surface area (Å²) in [6.07, 6.45) is 1.79. The van der Waals surface area contributed by atoms with Gasteiger partial charge < -0.3 is 10.5 Å². The van der Waals surface area contributed by atoms with Crippen molar-refractivity contribution in [3.05, 3.63) is 48.2 Å². The molecule has 3 heteroatoms. The molecule has 0 aliphatic heterocycles. The van der Waals surface area contributed by atoms with Gasteiger partial charge in [-0.05, 0) is 50.1 Å². The highest BCUT2D eigenvalue weighted by atomic mass is 16.5. The van der Waals surface area contributed by atoms with Crippen molar-refractivity contribution in [2.24, 2.45) is 0 Å². The zero-order chi connectivity index (χ0) is 13.9. The molecule has 2 aromatic rings. The summed E-state index contributed by atoms with van der Waals surface area (Å²) >= 11 is 0. The molecule has 1 aromatic heterocycles. The molecule has 1 heterocycles. The number of anilines is 1. The molecule has 0 saturated heterocycles. The number of nitrogens with zero attached hydrogens (tertiary/aromatic N) is 1. The molecule has 0 fully saturated rings. The Kier molecular flexibility index (Phi) is 3.86. The topological polar surface area (TPSA) is 48.1 Å². The molecule has 0 radical (unpaired) electrons. The third kappa shape index (κ3) is 4.07. The van der Waals surface area contributed by atoms with Crippen LogP contribution < -0.4 is 5.73 Å². The van der Waals surface area contributed by atoms with E-state index in [1.807, 2.05) is 18.2 Å². The van der Waals surface area contributed by atoms with Crippen molar-refractivity contribution in [1.29, 1.82) is 0 Å². The maximum atomic E-state index is 5.79. The van der Waals surface area contributed by atoms with Crippen LogP contribution in [0, 0.1) is 0 Å². The molecular weight excluding hydrogens is 236 g/mol. The van der Waals surface area contributed by atoms with Crippen molar-refractivity contribution in [3.8, 4) is 11.1 Å². The van der Waals surface area contributed by atoms with Crippen LogP contribution in [0.15, 0.2) is 42.6 Å². The summed E-state index contributed by atoms with van der Waals surface area (Å²) in [7, 11) is 0. The first-order chi connectivity index (χ1) is 8.94. The van der Waals surface area contributed by atoms with Crippen LogP contribution in [0.25, 0.3) is 11.1 Å².